The first-order valence-corrected chi connectivity index (χ1v) is 7.10. The Morgan fingerprint density at radius 1 is 1.25 bits per heavy atom. The van der Waals surface area contributed by atoms with Crippen LogP contribution in [-0.2, 0) is 20.9 Å². The summed E-state index contributed by atoms with van der Waals surface area (Å²) in [6, 6.07) is 9.87. The lowest BCUT2D eigenvalue weighted by molar-refractivity contribution is -0.143. The number of esters is 1. The zero-order chi connectivity index (χ0) is 14.4. The summed E-state index contributed by atoms with van der Waals surface area (Å²) in [5.74, 6) is 0.0461. The van der Waals surface area contributed by atoms with Gasteiger partial charge in [0.15, 0.2) is 0 Å². The molecule has 0 spiro atoms. The van der Waals surface area contributed by atoms with Crippen LogP contribution < -0.4 is 0 Å². The molecule has 0 saturated heterocycles. The number of rotatable bonds is 6. The maximum absolute atomic E-state index is 12.4. The highest BCUT2D eigenvalue weighted by molar-refractivity contribution is 5.80. The van der Waals surface area contributed by atoms with Gasteiger partial charge in [0.2, 0.25) is 5.91 Å². The Morgan fingerprint density at radius 3 is 2.50 bits per heavy atom. The average Bonchev–Trinajstić information content (AvgIpc) is 2.42. The molecule has 1 aromatic rings. The van der Waals surface area contributed by atoms with Crippen LogP contribution in [0.2, 0.25) is 0 Å². The van der Waals surface area contributed by atoms with E-state index < -0.39 is 0 Å². The van der Waals surface area contributed by atoms with Crippen molar-refractivity contribution in [2.24, 2.45) is 5.92 Å². The second-order valence-electron chi connectivity index (χ2n) is 5.20. The van der Waals surface area contributed by atoms with Crippen molar-refractivity contribution in [1.29, 1.82) is 0 Å². The molecule has 4 heteroatoms. The molecular formula is C16H21NO3. The third kappa shape index (κ3) is 3.83. The fourth-order valence-corrected chi connectivity index (χ4v) is 2.31. The van der Waals surface area contributed by atoms with Gasteiger partial charge >= 0.3 is 5.97 Å². The number of hydrogen-bond donors (Lipinski definition) is 0. The van der Waals surface area contributed by atoms with Gasteiger partial charge in [-0.05, 0) is 18.4 Å². The molecule has 1 fully saturated rings. The number of amides is 1. The van der Waals surface area contributed by atoms with E-state index >= 15 is 0 Å². The summed E-state index contributed by atoms with van der Waals surface area (Å²) in [6.07, 6.45) is 3.33. The Hall–Kier alpha value is -1.84. The summed E-state index contributed by atoms with van der Waals surface area (Å²) in [4.78, 5) is 25.5. The lowest BCUT2D eigenvalue weighted by atomic mass is 9.84. The molecule has 1 amide bonds. The quantitative estimate of drug-likeness (QED) is 0.749. The fourth-order valence-electron chi connectivity index (χ4n) is 2.31. The molecule has 0 unspecified atom stereocenters. The monoisotopic (exact) mass is 275 g/mol. The van der Waals surface area contributed by atoms with Gasteiger partial charge in [-0.2, -0.15) is 0 Å². The van der Waals surface area contributed by atoms with E-state index in [9.17, 15) is 9.59 Å². The highest BCUT2D eigenvalue weighted by Crippen LogP contribution is 2.28. The third-order valence-electron chi connectivity index (χ3n) is 3.80. The van der Waals surface area contributed by atoms with Gasteiger partial charge in [0.1, 0.15) is 0 Å². The molecule has 0 atom stereocenters. The third-order valence-corrected chi connectivity index (χ3v) is 3.80. The molecule has 20 heavy (non-hydrogen) atoms. The predicted molar refractivity (Wildman–Crippen MR) is 75.8 cm³/mol. The summed E-state index contributed by atoms with van der Waals surface area (Å²) in [7, 11) is 1.37. The number of methoxy groups -OCH3 is 1. The van der Waals surface area contributed by atoms with Gasteiger partial charge in [0.25, 0.3) is 0 Å². The van der Waals surface area contributed by atoms with Crippen LogP contribution in [0.5, 0.6) is 0 Å². The van der Waals surface area contributed by atoms with E-state index in [1.54, 1.807) is 4.90 Å². The summed E-state index contributed by atoms with van der Waals surface area (Å²) < 4.78 is 4.65. The molecule has 0 aliphatic heterocycles. The zero-order valence-corrected chi connectivity index (χ0v) is 11.9. The van der Waals surface area contributed by atoms with Crippen LogP contribution >= 0.6 is 0 Å². The molecule has 108 valence electrons. The van der Waals surface area contributed by atoms with Crippen molar-refractivity contribution in [2.45, 2.75) is 32.2 Å². The van der Waals surface area contributed by atoms with Gasteiger partial charge in [-0.15, -0.1) is 0 Å². The van der Waals surface area contributed by atoms with Crippen LogP contribution in [0, 0.1) is 5.92 Å². The van der Waals surface area contributed by atoms with Crippen LogP contribution in [-0.4, -0.2) is 30.4 Å². The standard InChI is InChI=1S/C16H21NO3/c1-20-15(18)10-11-17(16(19)14-8-5-9-14)12-13-6-3-2-4-7-13/h2-4,6-7,14H,5,8-12H2,1H3. The lowest BCUT2D eigenvalue weighted by Crippen LogP contribution is -2.39. The van der Waals surface area contributed by atoms with Crippen LogP contribution in [0.3, 0.4) is 0 Å². The molecule has 1 aliphatic carbocycles. The van der Waals surface area contributed by atoms with E-state index in [4.69, 9.17) is 0 Å². The molecule has 0 radical (unpaired) electrons. The summed E-state index contributed by atoms with van der Waals surface area (Å²) in [6.45, 7) is 0.990. The van der Waals surface area contributed by atoms with Gasteiger partial charge in [-0.1, -0.05) is 36.8 Å². The summed E-state index contributed by atoms with van der Waals surface area (Å²) >= 11 is 0. The molecule has 1 saturated carbocycles. The highest BCUT2D eigenvalue weighted by atomic mass is 16.5. The minimum atomic E-state index is -0.274. The van der Waals surface area contributed by atoms with Gasteiger partial charge in [0, 0.05) is 19.0 Å². The SMILES string of the molecule is COC(=O)CCN(Cc1ccccc1)C(=O)C1CCC1. The minimum Gasteiger partial charge on any atom is -0.469 e. The Kier molecular flexibility index (Phi) is 5.16. The first kappa shape index (κ1) is 14.6. The Balaban J connectivity index is 1.98. The molecule has 0 bridgehead atoms. The van der Waals surface area contributed by atoms with Crippen LogP contribution in [0.4, 0.5) is 0 Å². The number of ether oxygens (including phenoxy) is 1. The second-order valence-corrected chi connectivity index (χ2v) is 5.20. The molecule has 1 aliphatic rings. The maximum Gasteiger partial charge on any atom is 0.307 e. The average molecular weight is 275 g/mol. The van der Waals surface area contributed by atoms with Crippen molar-refractivity contribution in [2.75, 3.05) is 13.7 Å². The van der Waals surface area contributed by atoms with E-state index in [1.807, 2.05) is 30.3 Å². The summed E-state index contributed by atoms with van der Waals surface area (Å²) in [5, 5.41) is 0. The van der Waals surface area contributed by atoms with Crippen LogP contribution in [0.1, 0.15) is 31.2 Å². The predicted octanol–water partition coefficient (Wildman–Crippen LogP) is 2.38. The number of carbonyl (C=O) groups is 2. The molecular weight excluding hydrogens is 254 g/mol. The Bertz CT molecular complexity index is 454. The van der Waals surface area contributed by atoms with Crippen LogP contribution in [0.25, 0.3) is 0 Å². The Morgan fingerprint density at radius 2 is 1.95 bits per heavy atom. The van der Waals surface area contributed by atoms with Crippen molar-refractivity contribution >= 4 is 11.9 Å². The van der Waals surface area contributed by atoms with E-state index in [1.165, 1.54) is 7.11 Å². The van der Waals surface area contributed by atoms with Crippen molar-refractivity contribution in [3.05, 3.63) is 35.9 Å². The van der Waals surface area contributed by atoms with Crippen molar-refractivity contribution < 1.29 is 14.3 Å². The molecule has 4 nitrogen and oxygen atoms in total. The van der Waals surface area contributed by atoms with Crippen molar-refractivity contribution in [3.8, 4) is 0 Å². The second kappa shape index (κ2) is 7.08. The minimum absolute atomic E-state index is 0.149. The first-order valence-electron chi connectivity index (χ1n) is 7.10. The highest BCUT2D eigenvalue weighted by Gasteiger charge is 2.29. The van der Waals surface area contributed by atoms with Crippen LogP contribution in [0.15, 0.2) is 30.3 Å². The fraction of sp³-hybridized carbons (Fsp3) is 0.500. The molecule has 0 N–H and O–H groups in total. The molecule has 0 aromatic heterocycles. The molecule has 0 heterocycles. The van der Waals surface area contributed by atoms with E-state index in [0.29, 0.717) is 13.1 Å². The van der Waals surface area contributed by atoms with Gasteiger partial charge in [-0.3, -0.25) is 9.59 Å². The normalized spacial score (nSPS) is 14.4. The van der Waals surface area contributed by atoms with E-state index in [-0.39, 0.29) is 24.2 Å². The number of benzene rings is 1. The topological polar surface area (TPSA) is 46.6 Å². The van der Waals surface area contributed by atoms with Gasteiger partial charge in [-0.25, -0.2) is 0 Å². The maximum atomic E-state index is 12.4. The van der Waals surface area contributed by atoms with Crippen molar-refractivity contribution in [1.82, 2.24) is 4.90 Å². The zero-order valence-electron chi connectivity index (χ0n) is 11.9. The van der Waals surface area contributed by atoms with Gasteiger partial charge < -0.3 is 9.64 Å². The summed E-state index contributed by atoms with van der Waals surface area (Å²) in [5.41, 5.74) is 1.09. The van der Waals surface area contributed by atoms with E-state index in [2.05, 4.69) is 4.74 Å². The number of nitrogens with zero attached hydrogens (tertiary/aromatic N) is 1. The first-order chi connectivity index (χ1) is 9.70. The molecule has 2 rings (SSSR count). The molecule has 1 aromatic carbocycles. The number of carbonyl (C=O) groups excluding carboxylic acids is 2. The largest absolute Gasteiger partial charge is 0.469 e. The smallest absolute Gasteiger partial charge is 0.307 e. The lowest BCUT2D eigenvalue weighted by Gasteiger charge is -2.31. The van der Waals surface area contributed by atoms with E-state index in [0.717, 1.165) is 24.8 Å². The number of hydrogen-bond acceptors (Lipinski definition) is 3. The van der Waals surface area contributed by atoms with Crippen molar-refractivity contribution in [3.63, 3.8) is 0 Å². The van der Waals surface area contributed by atoms with Gasteiger partial charge in [0.05, 0.1) is 13.5 Å². The Labute approximate surface area is 119 Å².